The summed E-state index contributed by atoms with van der Waals surface area (Å²) < 4.78 is 41.9. The van der Waals surface area contributed by atoms with Gasteiger partial charge < -0.3 is 20.1 Å². The smallest absolute Gasteiger partial charge is 0.372 e. The van der Waals surface area contributed by atoms with Crippen LogP contribution >= 0.6 is 0 Å². The predicted molar refractivity (Wildman–Crippen MR) is 200 cm³/mol. The number of pyridine rings is 1. The Morgan fingerprint density at radius 1 is 0.852 bits per heavy atom. The molecule has 2 amide bonds. The first-order chi connectivity index (χ1) is 26.2. The number of imide groups is 1. The normalized spacial score (nSPS) is 22.6. The lowest BCUT2D eigenvalue weighted by Gasteiger charge is -2.39. The number of rotatable bonds is 10. The van der Waals surface area contributed by atoms with Crippen molar-refractivity contribution in [3.05, 3.63) is 66.1 Å². The van der Waals surface area contributed by atoms with Gasteiger partial charge in [0.15, 0.2) is 0 Å². The van der Waals surface area contributed by atoms with Gasteiger partial charge in [0.05, 0.1) is 11.6 Å². The van der Waals surface area contributed by atoms with E-state index >= 15 is 0 Å². The number of amides is 2. The molecule has 3 aromatic heterocycles. The molecule has 7 heterocycles. The Hall–Kier alpha value is -4.60. The van der Waals surface area contributed by atoms with Crippen LogP contribution in [0.5, 0.6) is 0 Å². The fraction of sp³-hybridized carbons (Fsp3) is 0.513. The van der Waals surface area contributed by atoms with Crippen LogP contribution in [0.15, 0.2) is 55.0 Å². The molecule has 0 radical (unpaired) electrons. The first kappa shape index (κ1) is 36.4. The maximum Gasteiger partial charge on any atom is 0.419 e. The number of carbonyl (C=O) groups excluding carboxylic acids is 2. The topological polar surface area (TPSA) is 126 Å². The highest BCUT2D eigenvalue weighted by Gasteiger charge is 2.37. The van der Waals surface area contributed by atoms with Crippen molar-refractivity contribution in [2.45, 2.75) is 50.2 Å². The number of likely N-dealkylation sites (tertiary alicyclic amines) is 1. The highest BCUT2D eigenvalue weighted by Crippen LogP contribution is 2.38. The van der Waals surface area contributed by atoms with Crippen molar-refractivity contribution in [3.63, 3.8) is 0 Å². The van der Waals surface area contributed by atoms with Gasteiger partial charge in [-0.05, 0) is 61.4 Å². The van der Waals surface area contributed by atoms with E-state index in [0.717, 1.165) is 90.2 Å². The molecular weight excluding hydrogens is 697 g/mol. The van der Waals surface area contributed by atoms with Crippen LogP contribution in [0.2, 0.25) is 0 Å². The number of nitrogens with zero attached hydrogens (tertiary/aromatic N) is 7. The van der Waals surface area contributed by atoms with Crippen LogP contribution < -0.4 is 15.5 Å². The highest BCUT2D eigenvalue weighted by molar-refractivity contribution is 6.01. The number of halogens is 3. The van der Waals surface area contributed by atoms with Crippen LogP contribution in [0.25, 0.3) is 22.3 Å². The minimum Gasteiger partial charge on any atom is -0.372 e. The number of piperidine rings is 2. The van der Waals surface area contributed by atoms with Crippen molar-refractivity contribution in [2.24, 2.45) is 5.92 Å². The Labute approximate surface area is 312 Å². The van der Waals surface area contributed by atoms with Crippen molar-refractivity contribution in [1.29, 1.82) is 0 Å². The van der Waals surface area contributed by atoms with Gasteiger partial charge in [-0.1, -0.05) is 12.1 Å². The molecule has 0 spiro atoms. The number of aromatic nitrogens is 4. The molecule has 4 aliphatic heterocycles. The molecule has 4 saturated heterocycles. The third-order valence-electron chi connectivity index (χ3n) is 11.6. The van der Waals surface area contributed by atoms with E-state index in [4.69, 9.17) is 0 Å². The number of aromatic amines is 1. The van der Waals surface area contributed by atoms with Gasteiger partial charge in [0.25, 0.3) is 0 Å². The van der Waals surface area contributed by atoms with Gasteiger partial charge >= 0.3 is 6.18 Å². The number of fused-ring (bicyclic) bond motifs is 1. The Morgan fingerprint density at radius 2 is 1.61 bits per heavy atom. The molecule has 4 aliphatic rings. The minimum atomic E-state index is -4.59. The summed E-state index contributed by atoms with van der Waals surface area (Å²) in [5.41, 5.74) is 1.99. The summed E-state index contributed by atoms with van der Waals surface area (Å²) in [6.07, 6.45) is 3.57. The minimum absolute atomic E-state index is 0.0553. The number of alkyl halides is 3. The first-order valence-corrected chi connectivity index (χ1v) is 19.1. The molecule has 4 aromatic rings. The molecular formula is C39H47F3N10O2. The van der Waals surface area contributed by atoms with Crippen molar-refractivity contribution in [2.75, 3.05) is 82.2 Å². The lowest BCUT2D eigenvalue weighted by Crippen LogP contribution is -2.50. The molecule has 1 unspecified atom stereocenters. The van der Waals surface area contributed by atoms with E-state index in [1.165, 1.54) is 24.7 Å². The molecule has 4 fully saturated rings. The van der Waals surface area contributed by atoms with Gasteiger partial charge in [0.2, 0.25) is 17.8 Å². The molecule has 12 nitrogen and oxygen atoms in total. The van der Waals surface area contributed by atoms with Crippen LogP contribution in [-0.2, 0) is 15.8 Å². The van der Waals surface area contributed by atoms with Crippen LogP contribution in [0.4, 0.5) is 24.8 Å². The first-order valence-electron chi connectivity index (χ1n) is 19.1. The van der Waals surface area contributed by atoms with E-state index in [1.54, 1.807) is 18.3 Å². The second-order valence-electron chi connectivity index (χ2n) is 15.2. The maximum absolute atomic E-state index is 14.0. The van der Waals surface area contributed by atoms with Crippen molar-refractivity contribution < 1.29 is 22.8 Å². The number of anilines is 2. The number of hydrogen-bond acceptors (Lipinski definition) is 10. The van der Waals surface area contributed by atoms with Crippen LogP contribution in [0.3, 0.4) is 0 Å². The summed E-state index contributed by atoms with van der Waals surface area (Å²) >= 11 is 0. The van der Waals surface area contributed by atoms with E-state index in [0.29, 0.717) is 35.4 Å². The molecule has 0 saturated carbocycles. The Kier molecular flexibility index (Phi) is 10.5. The fourth-order valence-corrected chi connectivity index (χ4v) is 8.50. The van der Waals surface area contributed by atoms with Gasteiger partial charge in [-0.2, -0.15) is 13.2 Å². The summed E-state index contributed by atoms with van der Waals surface area (Å²) in [4.78, 5) is 49.4. The number of piperazine rings is 1. The van der Waals surface area contributed by atoms with Crippen molar-refractivity contribution >= 4 is 34.5 Å². The van der Waals surface area contributed by atoms with Crippen LogP contribution in [-0.4, -0.2) is 124 Å². The molecule has 286 valence electrons. The Morgan fingerprint density at radius 3 is 2.37 bits per heavy atom. The van der Waals surface area contributed by atoms with E-state index in [-0.39, 0.29) is 35.4 Å². The molecule has 15 heteroatoms. The maximum atomic E-state index is 14.0. The van der Waals surface area contributed by atoms with Gasteiger partial charge in [-0.3, -0.25) is 24.7 Å². The lowest BCUT2D eigenvalue weighted by molar-refractivity contribution is -0.137. The fourth-order valence-electron chi connectivity index (χ4n) is 8.50. The number of carbonyl (C=O) groups is 2. The molecule has 0 bridgehead atoms. The predicted octanol–water partition coefficient (Wildman–Crippen LogP) is 4.58. The summed E-state index contributed by atoms with van der Waals surface area (Å²) in [6.45, 7) is 11.1. The number of benzene rings is 1. The third-order valence-corrected chi connectivity index (χ3v) is 11.6. The van der Waals surface area contributed by atoms with Crippen molar-refractivity contribution in [1.82, 2.24) is 40.0 Å². The standard InChI is InChI=1S/C39H47F3N10O2/c40-39(41,42)33-23-45-38(48-35(33)32-22-44-36-31(32)2-1-12-43-36)46-28-11-13-50(25-28)19-16-49-17-20-51(21-18-49)24-26-9-14-52(15-10-26)29-5-3-27(4-6-29)30-7-8-34(53)47-37(30)54/h1-6,12,22-23,26,28,30H,7-11,13-21,24-25H2,(H,43,44)(H,45,46,48)(H,47,53,54)/t28-,30?/m1/s1. The zero-order valence-electron chi connectivity index (χ0n) is 30.3. The quantitative estimate of drug-likeness (QED) is 0.199. The molecule has 3 N–H and O–H groups in total. The van der Waals surface area contributed by atoms with E-state index in [1.807, 2.05) is 12.1 Å². The van der Waals surface area contributed by atoms with E-state index < -0.39 is 11.7 Å². The summed E-state index contributed by atoms with van der Waals surface area (Å²) in [7, 11) is 0. The van der Waals surface area contributed by atoms with Crippen LogP contribution in [0, 0.1) is 5.92 Å². The third kappa shape index (κ3) is 8.22. The average Bonchev–Trinajstić information content (AvgIpc) is 3.82. The van der Waals surface area contributed by atoms with Crippen LogP contribution in [0.1, 0.15) is 49.1 Å². The molecule has 0 aliphatic carbocycles. The SMILES string of the molecule is O=C1CCC(c2ccc(N3CCC(CN4CCN(CCN5CC[C@@H](Nc6ncc(C(F)(F)F)c(-c7c[nH]c8ncccc78)n6)C5)CC4)CC3)cc2)C(=O)N1. The van der Waals surface area contributed by atoms with Crippen molar-refractivity contribution in [3.8, 4) is 11.3 Å². The monoisotopic (exact) mass is 744 g/mol. The van der Waals surface area contributed by atoms with E-state index in [9.17, 15) is 22.8 Å². The summed E-state index contributed by atoms with van der Waals surface area (Å²) in [6, 6.07) is 11.8. The largest absolute Gasteiger partial charge is 0.419 e. The molecule has 54 heavy (non-hydrogen) atoms. The number of nitrogens with one attached hydrogen (secondary N) is 3. The van der Waals surface area contributed by atoms with Gasteiger partial charge in [0.1, 0.15) is 11.2 Å². The molecule has 8 rings (SSSR count). The van der Waals surface area contributed by atoms with Gasteiger partial charge in [-0.25, -0.2) is 15.0 Å². The Bertz CT molecular complexity index is 1940. The number of H-pyrrole nitrogens is 1. The van der Waals surface area contributed by atoms with Gasteiger partial charge in [0, 0.05) is 120 Å². The zero-order chi connectivity index (χ0) is 37.2. The average molecular weight is 745 g/mol. The lowest BCUT2D eigenvalue weighted by atomic mass is 9.90. The second kappa shape index (κ2) is 15.6. The second-order valence-corrected chi connectivity index (χ2v) is 15.2. The zero-order valence-corrected chi connectivity index (χ0v) is 30.3. The van der Waals surface area contributed by atoms with E-state index in [2.05, 4.69) is 62.3 Å². The Balaban J connectivity index is 0.755. The highest BCUT2D eigenvalue weighted by atomic mass is 19.4. The molecule has 1 aromatic carbocycles. The summed E-state index contributed by atoms with van der Waals surface area (Å²) in [5, 5.41) is 6.34. The molecule has 2 atom stereocenters. The van der Waals surface area contributed by atoms with Gasteiger partial charge in [-0.15, -0.1) is 0 Å². The summed E-state index contributed by atoms with van der Waals surface area (Å²) in [5.74, 6) is 0.263. The number of hydrogen-bond donors (Lipinski definition) is 3.